The Hall–Kier alpha value is -0.410. The van der Waals surface area contributed by atoms with Crippen LogP contribution >= 0.6 is 0 Å². The Bertz CT molecular complexity index is 170. The first-order chi connectivity index (χ1) is 5.65. The van der Waals surface area contributed by atoms with Gasteiger partial charge >= 0.3 is 0 Å². The molecule has 0 amide bonds. The number of nitrogens with zero attached hydrogens (tertiary/aromatic N) is 2. The molecule has 1 unspecified atom stereocenters. The van der Waals surface area contributed by atoms with Crippen LogP contribution in [-0.4, -0.2) is 55.4 Å². The summed E-state index contributed by atoms with van der Waals surface area (Å²) in [5.74, 6) is 0.365. The van der Waals surface area contributed by atoms with Crippen molar-refractivity contribution in [3.63, 3.8) is 0 Å². The van der Waals surface area contributed by atoms with Gasteiger partial charge in [-0.2, -0.15) is 0 Å². The molecule has 1 aliphatic rings. The van der Waals surface area contributed by atoms with Gasteiger partial charge in [-0.3, -0.25) is 9.69 Å². The Labute approximate surface area is 74.3 Å². The topological polar surface area (TPSA) is 23.6 Å². The Balaban J connectivity index is 2.54. The van der Waals surface area contributed by atoms with E-state index >= 15 is 0 Å². The van der Waals surface area contributed by atoms with Crippen LogP contribution in [0.15, 0.2) is 0 Å². The SMILES string of the molecule is CCC(=O)C1CN(C)CCN1C. The highest BCUT2D eigenvalue weighted by Crippen LogP contribution is 2.07. The van der Waals surface area contributed by atoms with Crippen molar-refractivity contribution in [2.45, 2.75) is 19.4 Å². The van der Waals surface area contributed by atoms with Crippen LogP contribution in [0.4, 0.5) is 0 Å². The van der Waals surface area contributed by atoms with E-state index in [1.165, 1.54) is 0 Å². The Morgan fingerprint density at radius 1 is 1.42 bits per heavy atom. The highest BCUT2D eigenvalue weighted by molar-refractivity contribution is 5.84. The zero-order valence-electron chi connectivity index (χ0n) is 8.21. The second kappa shape index (κ2) is 4.01. The molecule has 1 aliphatic heterocycles. The molecule has 0 saturated carbocycles. The molecule has 12 heavy (non-hydrogen) atoms. The lowest BCUT2D eigenvalue weighted by Crippen LogP contribution is -2.53. The van der Waals surface area contributed by atoms with Crippen molar-refractivity contribution >= 4 is 5.78 Å². The normalized spacial score (nSPS) is 27.4. The van der Waals surface area contributed by atoms with E-state index in [1.807, 2.05) is 14.0 Å². The summed E-state index contributed by atoms with van der Waals surface area (Å²) in [6.07, 6.45) is 0.656. The van der Waals surface area contributed by atoms with Gasteiger partial charge in [0.15, 0.2) is 5.78 Å². The van der Waals surface area contributed by atoms with Crippen molar-refractivity contribution in [3.8, 4) is 0 Å². The van der Waals surface area contributed by atoms with E-state index in [1.54, 1.807) is 0 Å². The van der Waals surface area contributed by atoms with Crippen LogP contribution < -0.4 is 0 Å². The predicted molar refractivity (Wildman–Crippen MR) is 49.2 cm³/mol. The van der Waals surface area contributed by atoms with Gasteiger partial charge in [-0.15, -0.1) is 0 Å². The number of rotatable bonds is 2. The van der Waals surface area contributed by atoms with Crippen molar-refractivity contribution in [2.75, 3.05) is 33.7 Å². The Kier molecular flexibility index (Phi) is 3.23. The summed E-state index contributed by atoms with van der Waals surface area (Å²) in [4.78, 5) is 15.8. The fourth-order valence-electron chi connectivity index (χ4n) is 1.59. The molecular weight excluding hydrogens is 152 g/mol. The molecule has 0 N–H and O–H groups in total. The van der Waals surface area contributed by atoms with E-state index in [4.69, 9.17) is 0 Å². The molecule has 70 valence electrons. The standard InChI is InChI=1S/C9H18N2O/c1-4-9(12)8-7-10(2)5-6-11(8)3/h8H,4-7H2,1-3H3. The highest BCUT2D eigenvalue weighted by Gasteiger charge is 2.26. The van der Waals surface area contributed by atoms with Gasteiger partial charge in [0.2, 0.25) is 0 Å². The lowest BCUT2D eigenvalue weighted by molar-refractivity contribution is -0.125. The van der Waals surface area contributed by atoms with Gasteiger partial charge in [-0.25, -0.2) is 0 Å². The maximum absolute atomic E-state index is 11.5. The lowest BCUT2D eigenvalue weighted by Gasteiger charge is -2.36. The van der Waals surface area contributed by atoms with Gasteiger partial charge in [0.05, 0.1) is 6.04 Å². The molecule has 0 bridgehead atoms. The number of piperazine rings is 1. The molecule has 1 rings (SSSR count). The molecule has 1 heterocycles. The summed E-state index contributed by atoms with van der Waals surface area (Å²) in [6.45, 7) is 4.91. The van der Waals surface area contributed by atoms with Crippen molar-refractivity contribution < 1.29 is 4.79 Å². The number of likely N-dealkylation sites (N-methyl/N-ethyl adjacent to an activating group) is 2. The third kappa shape index (κ3) is 2.05. The van der Waals surface area contributed by atoms with Crippen LogP contribution in [-0.2, 0) is 4.79 Å². The summed E-state index contributed by atoms with van der Waals surface area (Å²) in [7, 11) is 4.11. The van der Waals surface area contributed by atoms with Gasteiger partial charge in [0.25, 0.3) is 0 Å². The van der Waals surface area contributed by atoms with E-state index in [0.29, 0.717) is 12.2 Å². The molecule has 1 fully saturated rings. The second-order valence-corrected chi connectivity index (χ2v) is 3.58. The van der Waals surface area contributed by atoms with Gasteiger partial charge in [-0.05, 0) is 14.1 Å². The molecular formula is C9H18N2O. The number of carbonyl (C=O) groups is 1. The predicted octanol–water partition coefficient (Wildman–Crippen LogP) is 0.211. The van der Waals surface area contributed by atoms with Crippen LogP contribution in [0.3, 0.4) is 0 Å². The summed E-state index contributed by atoms with van der Waals surface area (Å²) in [6, 6.07) is 0.133. The van der Waals surface area contributed by atoms with Gasteiger partial charge in [0.1, 0.15) is 0 Å². The van der Waals surface area contributed by atoms with E-state index in [2.05, 4.69) is 16.8 Å². The van der Waals surface area contributed by atoms with Crippen molar-refractivity contribution in [1.82, 2.24) is 9.80 Å². The molecule has 3 heteroatoms. The molecule has 0 aromatic carbocycles. The second-order valence-electron chi connectivity index (χ2n) is 3.58. The number of Topliss-reactive ketones (excluding diaryl/α,β-unsaturated/α-hetero) is 1. The zero-order valence-corrected chi connectivity index (χ0v) is 8.21. The van der Waals surface area contributed by atoms with Crippen LogP contribution in [0.5, 0.6) is 0 Å². The lowest BCUT2D eigenvalue weighted by atomic mass is 10.1. The Morgan fingerprint density at radius 2 is 2.08 bits per heavy atom. The molecule has 0 aliphatic carbocycles. The first kappa shape index (κ1) is 9.68. The van der Waals surface area contributed by atoms with Crippen molar-refractivity contribution in [2.24, 2.45) is 0 Å². The first-order valence-corrected chi connectivity index (χ1v) is 4.56. The fourth-order valence-corrected chi connectivity index (χ4v) is 1.59. The average Bonchev–Trinajstić information content (AvgIpc) is 2.08. The average molecular weight is 170 g/mol. The first-order valence-electron chi connectivity index (χ1n) is 4.56. The maximum Gasteiger partial charge on any atom is 0.150 e. The van der Waals surface area contributed by atoms with E-state index in [9.17, 15) is 4.79 Å². The smallest absolute Gasteiger partial charge is 0.150 e. The van der Waals surface area contributed by atoms with E-state index in [0.717, 1.165) is 19.6 Å². The van der Waals surface area contributed by atoms with Crippen molar-refractivity contribution in [1.29, 1.82) is 0 Å². The van der Waals surface area contributed by atoms with Gasteiger partial charge in [0, 0.05) is 26.1 Å². The molecule has 0 aromatic heterocycles. The van der Waals surface area contributed by atoms with Crippen LogP contribution in [0.1, 0.15) is 13.3 Å². The molecule has 1 atom stereocenters. The van der Waals surface area contributed by atoms with Crippen molar-refractivity contribution in [3.05, 3.63) is 0 Å². The largest absolute Gasteiger partial charge is 0.303 e. The molecule has 0 spiro atoms. The molecule has 1 saturated heterocycles. The number of hydrogen-bond acceptors (Lipinski definition) is 3. The summed E-state index contributed by atoms with van der Waals surface area (Å²) in [5.41, 5.74) is 0. The molecule has 0 radical (unpaired) electrons. The quantitative estimate of drug-likeness (QED) is 0.592. The van der Waals surface area contributed by atoms with E-state index < -0.39 is 0 Å². The van der Waals surface area contributed by atoms with Crippen LogP contribution in [0.25, 0.3) is 0 Å². The zero-order chi connectivity index (χ0) is 9.14. The van der Waals surface area contributed by atoms with Gasteiger partial charge < -0.3 is 4.90 Å². The number of ketones is 1. The van der Waals surface area contributed by atoms with E-state index in [-0.39, 0.29) is 6.04 Å². The van der Waals surface area contributed by atoms with Gasteiger partial charge in [-0.1, -0.05) is 6.92 Å². The third-order valence-electron chi connectivity index (χ3n) is 2.57. The van der Waals surface area contributed by atoms with Crippen LogP contribution in [0.2, 0.25) is 0 Å². The number of hydrogen-bond donors (Lipinski definition) is 0. The summed E-state index contributed by atoms with van der Waals surface area (Å²) in [5, 5.41) is 0. The number of carbonyl (C=O) groups excluding carboxylic acids is 1. The van der Waals surface area contributed by atoms with Crippen LogP contribution in [0, 0.1) is 0 Å². The minimum Gasteiger partial charge on any atom is -0.303 e. The fraction of sp³-hybridized carbons (Fsp3) is 0.889. The summed E-state index contributed by atoms with van der Waals surface area (Å²) >= 11 is 0. The Morgan fingerprint density at radius 3 is 2.67 bits per heavy atom. The molecule has 0 aromatic rings. The highest BCUT2D eigenvalue weighted by atomic mass is 16.1. The monoisotopic (exact) mass is 170 g/mol. The maximum atomic E-state index is 11.5. The minimum absolute atomic E-state index is 0.133. The third-order valence-corrected chi connectivity index (χ3v) is 2.57. The molecule has 3 nitrogen and oxygen atoms in total. The summed E-state index contributed by atoms with van der Waals surface area (Å²) < 4.78 is 0. The minimum atomic E-state index is 0.133.